The molecule has 8 heteroatoms. The second-order valence-electron chi connectivity index (χ2n) is 7.95. The first-order valence-corrected chi connectivity index (χ1v) is 13.1. The number of nitrogens with one attached hydrogen (secondary N) is 1. The van der Waals surface area contributed by atoms with Gasteiger partial charge in [-0.3, -0.25) is 9.59 Å². The third-order valence-electron chi connectivity index (χ3n) is 5.42. The van der Waals surface area contributed by atoms with Crippen molar-refractivity contribution in [2.24, 2.45) is 0 Å². The Labute approximate surface area is 207 Å². The fraction of sp³-hybridized carbons (Fsp3) is 0.269. The molecule has 4 rings (SSSR count). The van der Waals surface area contributed by atoms with E-state index in [9.17, 15) is 9.59 Å². The molecule has 0 aliphatic carbocycles. The van der Waals surface area contributed by atoms with Crippen molar-refractivity contribution in [1.29, 1.82) is 0 Å². The lowest BCUT2D eigenvalue weighted by Gasteiger charge is -2.22. The molecule has 0 unspecified atom stereocenters. The zero-order chi connectivity index (χ0) is 23.8. The highest BCUT2D eigenvalue weighted by molar-refractivity contribution is 7.12. The van der Waals surface area contributed by atoms with Crippen molar-refractivity contribution in [3.05, 3.63) is 98.4 Å². The molecule has 0 bridgehead atoms. The fourth-order valence-corrected chi connectivity index (χ4v) is 5.17. The number of carbonyl (C=O) groups excluding carboxylic acids is 2. The fourth-order valence-electron chi connectivity index (χ4n) is 3.71. The van der Waals surface area contributed by atoms with E-state index in [0.717, 1.165) is 28.4 Å². The molecule has 2 amide bonds. The smallest absolute Gasteiger partial charge is 0.270 e. The summed E-state index contributed by atoms with van der Waals surface area (Å²) in [4.78, 5) is 32.6. The summed E-state index contributed by atoms with van der Waals surface area (Å²) in [5.74, 6) is -0.0878. The van der Waals surface area contributed by atoms with Crippen LogP contribution in [0.5, 0.6) is 0 Å². The van der Waals surface area contributed by atoms with E-state index < -0.39 is 0 Å². The summed E-state index contributed by atoms with van der Waals surface area (Å²) in [6.07, 6.45) is 3.68. The summed E-state index contributed by atoms with van der Waals surface area (Å²) in [5, 5.41) is 7.54. The first-order valence-electron chi connectivity index (χ1n) is 11.4. The van der Waals surface area contributed by atoms with Crippen LogP contribution in [0.3, 0.4) is 0 Å². The van der Waals surface area contributed by atoms with Gasteiger partial charge in [-0.2, -0.15) is 0 Å². The molecule has 0 fully saturated rings. The maximum atomic E-state index is 12.9. The lowest BCUT2D eigenvalue weighted by Crippen LogP contribution is -2.31. The highest BCUT2D eigenvalue weighted by atomic mass is 32.1. The van der Waals surface area contributed by atoms with Crippen LogP contribution in [0.1, 0.15) is 49.8 Å². The highest BCUT2D eigenvalue weighted by Gasteiger charge is 2.18. The maximum absolute atomic E-state index is 12.9. The quantitative estimate of drug-likeness (QED) is 0.318. The molecular formula is C26H28N4O2S2. The normalized spacial score (nSPS) is 10.9. The topological polar surface area (TPSA) is 67.2 Å². The summed E-state index contributed by atoms with van der Waals surface area (Å²) in [6.45, 7) is 4.46. The SMILES string of the molecule is CCCN(Cc1cccn1Cc1nc(C(=O)NCCc2ccccc2)cs1)C(=O)c1cccs1. The van der Waals surface area contributed by atoms with E-state index >= 15 is 0 Å². The van der Waals surface area contributed by atoms with Crippen LogP contribution in [0.2, 0.25) is 0 Å². The number of rotatable bonds is 11. The maximum Gasteiger partial charge on any atom is 0.270 e. The minimum absolute atomic E-state index is 0.0632. The minimum atomic E-state index is -0.151. The molecule has 0 saturated heterocycles. The van der Waals surface area contributed by atoms with Gasteiger partial charge >= 0.3 is 0 Å². The van der Waals surface area contributed by atoms with E-state index in [4.69, 9.17) is 0 Å². The molecule has 6 nitrogen and oxygen atoms in total. The molecule has 0 aliphatic heterocycles. The Hall–Kier alpha value is -3.23. The van der Waals surface area contributed by atoms with Gasteiger partial charge in [-0.05, 0) is 42.0 Å². The van der Waals surface area contributed by atoms with Crippen molar-refractivity contribution in [2.45, 2.75) is 32.9 Å². The lowest BCUT2D eigenvalue weighted by atomic mass is 10.1. The van der Waals surface area contributed by atoms with Gasteiger partial charge in [-0.1, -0.05) is 43.3 Å². The monoisotopic (exact) mass is 492 g/mol. The van der Waals surface area contributed by atoms with Gasteiger partial charge in [0.25, 0.3) is 11.8 Å². The van der Waals surface area contributed by atoms with Gasteiger partial charge in [0.1, 0.15) is 10.7 Å². The standard InChI is InChI=1S/C26H28N4O2S2/c1-2-14-30(26(32)23-11-7-16-33-23)17-21-10-6-15-29(21)18-24-28-22(19-34-24)25(31)27-13-12-20-8-4-3-5-9-20/h3-11,15-16,19H,2,12-14,17-18H2,1H3,(H,27,31). The molecule has 0 atom stereocenters. The summed E-state index contributed by atoms with van der Waals surface area (Å²) in [5.41, 5.74) is 2.68. The summed E-state index contributed by atoms with van der Waals surface area (Å²) in [7, 11) is 0. The number of thiazole rings is 1. The highest BCUT2D eigenvalue weighted by Crippen LogP contribution is 2.18. The van der Waals surface area contributed by atoms with Gasteiger partial charge in [0, 0.05) is 30.4 Å². The second kappa shape index (κ2) is 11.8. The molecule has 34 heavy (non-hydrogen) atoms. The first kappa shape index (κ1) is 23.9. The van der Waals surface area contributed by atoms with Crippen LogP contribution in [-0.2, 0) is 19.5 Å². The third-order valence-corrected chi connectivity index (χ3v) is 7.11. The Morgan fingerprint density at radius 1 is 1.06 bits per heavy atom. The molecular weight excluding hydrogens is 464 g/mol. The molecule has 1 N–H and O–H groups in total. The molecule has 176 valence electrons. The van der Waals surface area contributed by atoms with Crippen LogP contribution >= 0.6 is 22.7 Å². The van der Waals surface area contributed by atoms with Gasteiger partial charge in [-0.15, -0.1) is 22.7 Å². The van der Waals surface area contributed by atoms with Crippen LogP contribution in [0.25, 0.3) is 0 Å². The lowest BCUT2D eigenvalue weighted by molar-refractivity contribution is 0.0744. The number of hydrogen-bond donors (Lipinski definition) is 1. The van der Waals surface area contributed by atoms with Crippen LogP contribution in [0.15, 0.2) is 71.6 Å². The number of aromatic nitrogens is 2. The summed E-state index contributed by atoms with van der Waals surface area (Å²) >= 11 is 2.95. The molecule has 0 spiro atoms. The van der Waals surface area contributed by atoms with Gasteiger partial charge in [-0.25, -0.2) is 4.98 Å². The largest absolute Gasteiger partial charge is 0.350 e. The summed E-state index contributed by atoms with van der Waals surface area (Å²) < 4.78 is 2.10. The van der Waals surface area contributed by atoms with Crippen molar-refractivity contribution in [2.75, 3.05) is 13.1 Å². The van der Waals surface area contributed by atoms with E-state index in [0.29, 0.717) is 31.9 Å². The average molecular weight is 493 g/mol. The second-order valence-corrected chi connectivity index (χ2v) is 9.84. The predicted octanol–water partition coefficient (Wildman–Crippen LogP) is 5.08. The van der Waals surface area contributed by atoms with Crippen molar-refractivity contribution < 1.29 is 9.59 Å². The van der Waals surface area contributed by atoms with E-state index in [-0.39, 0.29) is 11.8 Å². The zero-order valence-corrected chi connectivity index (χ0v) is 20.8. The number of carbonyl (C=O) groups is 2. The van der Waals surface area contributed by atoms with Crippen molar-refractivity contribution in [3.63, 3.8) is 0 Å². The predicted molar refractivity (Wildman–Crippen MR) is 137 cm³/mol. The molecule has 1 aromatic carbocycles. The Bertz CT molecular complexity index is 1200. The zero-order valence-electron chi connectivity index (χ0n) is 19.1. The Kier molecular flexibility index (Phi) is 8.27. The van der Waals surface area contributed by atoms with Crippen LogP contribution in [-0.4, -0.2) is 39.4 Å². The molecule has 0 radical (unpaired) electrons. The van der Waals surface area contributed by atoms with Gasteiger partial charge in [0.05, 0.1) is 18.0 Å². The first-order chi connectivity index (χ1) is 16.6. The van der Waals surface area contributed by atoms with Gasteiger partial charge in [0.15, 0.2) is 0 Å². The van der Waals surface area contributed by atoms with E-state index in [1.54, 1.807) is 5.38 Å². The number of hydrogen-bond acceptors (Lipinski definition) is 5. The molecule has 3 heterocycles. The Balaban J connectivity index is 1.35. The molecule has 0 aliphatic rings. The molecule has 4 aromatic rings. The van der Waals surface area contributed by atoms with Crippen molar-refractivity contribution in [1.82, 2.24) is 19.8 Å². The minimum Gasteiger partial charge on any atom is -0.350 e. The van der Waals surface area contributed by atoms with Crippen LogP contribution < -0.4 is 5.32 Å². The van der Waals surface area contributed by atoms with Crippen LogP contribution in [0, 0.1) is 0 Å². The van der Waals surface area contributed by atoms with Crippen molar-refractivity contribution in [3.8, 4) is 0 Å². The van der Waals surface area contributed by atoms with Crippen molar-refractivity contribution >= 4 is 34.5 Å². The summed E-state index contributed by atoms with van der Waals surface area (Å²) in [6, 6.07) is 17.9. The number of amides is 2. The number of nitrogens with zero attached hydrogens (tertiary/aromatic N) is 3. The van der Waals surface area contributed by atoms with Crippen LogP contribution in [0.4, 0.5) is 0 Å². The molecule has 3 aromatic heterocycles. The van der Waals surface area contributed by atoms with E-state index in [1.165, 1.54) is 28.2 Å². The Morgan fingerprint density at radius 2 is 1.91 bits per heavy atom. The third kappa shape index (κ3) is 6.21. The average Bonchev–Trinajstić information content (AvgIpc) is 3.62. The van der Waals surface area contributed by atoms with Gasteiger partial charge in [0.2, 0.25) is 0 Å². The molecule has 0 saturated carbocycles. The van der Waals surface area contributed by atoms with E-state index in [2.05, 4.69) is 33.9 Å². The number of thiophene rings is 1. The Morgan fingerprint density at radius 3 is 2.68 bits per heavy atom. The number of benzene rings is 1. The van der Waals surface area contributed by atoms with Gasteiger partial charge < -0.3 is 14.8 Å². The van der Waals surface area contributed by atoms with E-state index in [1.807, 2.05) is 58.9 Å².